The van der Waals surface area contributed by atoms with Crippen LogP contribution in [0.4, 0.5) is 4.39 Å². The molecule has 1 aromatic carbocycles. The lowest BCUT2D eigenvalue weighted by Gasteiger charge is -2.13. The molecule has 0 spiro atoms. The lowest BCUT2D eigenvalue weighted by molar-refractivity contribution is 0.0925. The van der Waals surface area contributed by atoms with Crippen LogP contribution in [-0.2, 0) is 0 Å². The molecule has 6 nitrogen and oxygen atoms in total. The number of nitrogens with one attached hydrogen (secondary N) is 2. The predicted molar refractivity (Wildman–Crippen MR) is 108 cm³/mol. The van der Waals surface area contributed by atoms with Crippen molar-refractivity contribution in [1.82, 2.24) is 20.6 Å². The number of aryl methyl sites for hydroxylation is 2. The van der Waals surface area contributed by atoms with Crippen molar-refractivity contribution in [3.8, 4) is 0 Å². The number of hydrogen-bond donors (Lipinski definition) is 2. The first kappa shape index (κ1) is 21.8. The molecular weight excluding hydrogens is 379 g/mol. The van der Waals surface area contributed by atoms with Crippen molar-refractivity contribution in [2.45, 2.75) is 38.6 Å². The number of carbonyl (C=O) groups excluding carboxylic acids is 2. The Morgan fingerprint density at radius 2 is 1.75 bits per heavy atom. The molecule has 2 N–H and O–H groups in total. The molecule has 0 saturated carbocycles. The van der Waals surface area contributed by atoms with Crippen molar-refractivity contribution in [2.75, 3.05) is 19.3 Å². The van der Waals surface area contributed by atoms with Crippen LogP contribution in [-0.4, -0.2) is 41.1 Å². The summed E-state index contributed by atoms with van der Waals surface area (Å²) in [6.45, 7) is 7.88. The molecule has 2 amide bonds. The van der Waals surface area contributed by atoms with Gasteiger partial charge in [0.1, 0.15) is 16.7 Å². The molecule has 8 heteroatoms. The van der Waals surface area contributed by atoms with Gasteiger partial charge >= 0.3 is 0 Å². The zero-order valence-corrected chi connectivity index (χ0v) is 17.5. The van der Waals surface area contributed by atoms with E-state index in [2.05, 4.69) is 20.6 Å². The van der Waals surface area contributed by atoms with Crippen LogP contribution in [0.2, 0.25) is 0 Å². The number of nitrogens with zero attached hydrogens (tertiary/aromatic N) is 2. The van der Waals surface area contributed by atoms with Crippen molar-refractivity contribution in [2.24, 2.45) is 0 Å². The van der Waals surface area contributed by atoms with Crippen molar-refractivity contribution in [1.29, 1.82) is 0 Å². The normalized spacial score (nSPS) is 10.8. The molecule has 1 aromatic heterocycles. The average molecular weight is 405 g/mol. The molecule has 150 valence electrons. The van der Waals surface area contributed by atoms with E-state index in [1.165, 1.54) is 17.8 Å². The first-order chi connectivity index (χ1) is 13.2. The molecule has 0 saturated heterocycles. The van der Waals surface area contributed by atoms with E-state index in [-0.39, 0.29) is 30.5 Å². The Morgan fingerprint density at radius 3 is 2.32 bits per heavy atom. The number of aromatic nitrogens is 2. The van der Waals surface area contributed by atoms with Crippen molar-refractivity contribution in [3.05, 3.63) is 52.2 Å². The number of rotatable bonds is 7. The molecular formula is C20H25FN4O2S. The van der Waals surface area contributed by atoms with Crippen LogP contribution in [0.15, 0.2) is 23.2 Å². The average Bonchev–Trinajstić information content (AvgIpc) is 2.66. The topological polar surface area (TPSA) is 84.0 Å². The smallest absolute Gasteiger partial charge is 0.255 e. The Morgan fingerprint density at radius 1 is 1.11 bits per heavy atom. The third kappa shape index (κ3) is 5.28. The maximum absolute atomic E-state index is 13.6. The summed E-state index contributed by atoms with van der Waals surface area (Å²) >= 11 is 1.40. The monoisotopic (exact) mass is 404 g/mol. The third-order valence-electron chi connectivity index (χ3n) is 4.14. The van der Waals surface area contributed by atoms with Crippen LogP contribution in [0.3, 0.4) is 0 Å². The third-order valence-corrected chi connectivity index (χ3v) is 4.82. The Bertz CT molecular complexity index is 887. The van der Waals surface area contributed by atoms with Gasteiger partial charge in [-0.2, -0.15) is 0 Å². The predicted octanol–water partition coefficient (Wildman–Crippen LogP) is 3.24. The van der Waals surface area contributed by atoms with Crippen LogP contribution < -0.4 is 10.6 Å². The number of benzene rings is 1. The fourth-order valence-electron chi connectivity index (χ4n) is 2.51. The molecule has 2 aromatic rings. The second-order valence-electron chi connectivity index (χ2n) is 6.68. The molecule has 2 rings (SSSR count). The number of carbonyl (C=O) groups is 2. The van der Waals surface area contributed by atoms with Crippen LogP contribution in [0.5, 0.6) is 0 Å². The van der Waals surface area contributed by atoms with E-state index in [1.807, 2.05) is 20.1 Å². The van der Waals surface area contributed by atoms with Crippen LogP contribution >= 0.6 is 11.8 Å². The van der Waals surface area contributed by atoms with E-state index in [4.69, 9.17) is 0 Å². The molecule has 0 bridgehead atoms. The first-order valence-electron chi connectivity index (χ1n) is 8.99. The van der Waals surface area contributed by atoms with Crippen molar-refractivity contribution < 1.29 is 14.0 Å². The highest BCUT2D eigenvalue weighted by atomic mass is 32.2. The number of hydrogen-bond acceptors (Lipinski definition) is 5. The van der Waals surface area contributed by atoms with E-state index in [0.717, 1.165) is 0 Å². The van der Waals surface area contributed by atoms with Crippen LogP contribution in [0.25, 0.3) is 0 Å². The minimum absolute atomic E-state index is 0.170. The lowest BCUT2D eigenvalue weighted by atomic mass is 10.1. The van der Waals surface area contributed by atoms with Gasteiger partial charge in [0.2, 0.25) is 0 Å². The first-order valence-corrected chi connectivity index (χ1v) is 10.2. The van der Waals surface area contributed by atoms with Gasteiger partial charge in [-0.25, -0.2) is 14.4 Å². The standard InChI is InChI=1S/C20H25FN4O2S/c1-11(2)17-24-13(4)16(20(25-17)28-5)19(27)23-9-8-22-18(26)14-7-6-12(3)15(21)10-14/h6-7,10-11H,8-9H2,1-5H3,(H,22,26)(H,23,27). The molecule has 0 aliphatic rings. The van der Waals surface area contributed by atoms with Crippen molar-refractivity contribution >= 4 is 23.6 Å². The van der Waals surface area contributed by atoms with E-state index in [1.54, 1.807) is 26.0 Å². The van der Waals surface area contributed by atoms with E-state index < -0.39 is 11.7 Å². The SMILES string of the molecule is CSc1nc(C(C)C)nc(C)c1C(=O)NCCNC(=O)c1ccc(C)c(F)c1. The van der Waals surface area contributed by atoms with Gasteiger partial charge in [-0.15, -0.1) is 11.8 Å². The van der Waals surface area contributed by atoms with Gasteiger partial charge in [0, 0.05) is 24.6 Å². The van der Waals surface area contributed by atoms with Crippen LogP contribution in [0, 0.1) is 19.7 Å². The maximum Gasteiger partial charge on any atom is 0.255 e. The zero-order chi connectivity index (χ0) is 20.8. The van der Waals surface area contributed by atoms with Gasteiger partial charge in [0.25, 0.3) is 11.8 Å². The molecule has 1 heterocycles. The summed E-state index contributed by atoms with van der Waals surface area (Å²) in [5, 5.41) is 6.06. The van der Waals surface area contributed by atoms with E-state index in [9.17, 15) is 14.0 Å². The fraction of sp³-hybridized carbons (Fsp3) is 0.400. The second kappa shape index (κ2) is 9.64. The summed E-state index contributed by atoms with van der Waals surface area (Å²) in [6, 6.07) is 4.32. The molecule has 0 unspecified atom stereocenters. The van der Waals surface area contributed by atoms with Crippen molar-refractivity contribution in [3.63, 3.8) is 0 Å². The largest absolute Gasteiger partial charge is 0.350 e. The Balaban J connectivity index is 1.95. The van der Waals surface area contributed by atoms with E-state index in [0.29, 0.717) is 27.7 Å². The van der Waals surface area contributed by atoms with Gasteiger partial charge < -0.3 is 10.6 Å². The molecule has 28 heavy (non-hydrogen) atoms. The minimum Gasteiger partial charge on any atom is -0.350 e. The van der Waals surface area contributed by atoms with Crippen LogP contribution in [0.1, 0.15) is 57.6 Å². The minimum atomic E-state index is -0.425. The highest BCUT2D eigenvalue weighted by molar-refractivity contribution is 7.98. The maximum atomic E-state index is 13.6. The summed E-state index contributed by atoms with van der Waals surface area (Å²) in [4.78, 5) is 33.5. The van der Waals surface area contributed by atoms with E-state index >= 15 is 0 Å². The molecule has 0 atom stereocenters. The number of amides is 2. The highest BCUT2D eigenvalue weighted by Gasteiger charge is 2.19. The van der Waals surface area contributed by atoms with Gasteiger partial charge in [-0.3, -0.25) is 9.59 Å². The lowest BCUT2D eigenvalue weighted by Crippen LogP contribution is -2.35. The summed E-state index contributed by atoms with van der Waals surface area (Å²) in [6.07, 6.45) is 1.86. The Kier molecular flexibility index (Phi) is 7.51. The summed E-state index contributed by atoms with van der Waals surface area (Å²) < 4.78 is 13.6. The number of halogens is 1. The molecule has 0 aliphatic heterocycles. The van der Waals surface area contributed by atoms with Gasteiger partial charge in [-0.05, 0) is 37.8 Å². The second-order valence-corrected chi connectivity index (χ2v) is 7.48. The van der Waals surface area contributed by atoms with Gasteiger partial charge in [-0.1, -0.05) is 19.9 Å². The fourth-order valence-corrected chi connectivity index (χ4v) is 3.14. The van der Waals surface area contributed by atoms with Gasteiger partial charge in [0.05, 0.1) is 11.3 Å². The van der Waals surface area contributed by atoms with Gasteiger partial charge in [0.15, 0.2) is 0 Å². The summed E-state index contributed by atoms with van der Waals surface area (Å²) in [5.74, 6) is -0.225. The number of thioether (sulfide) groups is 1. The molecule has 0 fully saturated rings. The Labute approximate surface area is 168 Å². The quantitative estimate of drug-likeness (QED) is 0.420. The molecule has 0 radical (unpaired) electrons. The zero-order valence-electron chi connectivity index (χ0n) is 16.7. The highest BCUT2D eigenvalue weighted by Crippen LogP contribution is 2.23. The summed E-state index contributed by atoms with van der Waals surface area (Å²) in [7, 11) is 0. The molecule has 0 aliphatic carbocycles. The summed E-state index contributed by atoms with van der Waals surface area (Å²) in [5.41, 5.74) is 1.80. The Hall–Kier alpha value is -2.48.